The number of hydrogen-bond acceptors (Lipinski definition) is 5. The Morgan fingerprint density at radius 1 is 1.27 bits per heavy atom. The molecular weight excluding hydrogens is 192 g/mol. The lowest BCUT2D eigenvalue weighted by atomic mass is 10.3. The number of anilines is 1. The third kappa shape index (κ3) is 2.10. The predicted octanol–water partition coefficient (Wildman–Crippen LogP) is 0.0329. The number of nitrogens with zero attached hydrogens (tertiary/aromatic N) is 4. The number of hydrogen-bond donors (Lipinski definition) is 2. The minimum absolute atomic E-state index is 0.543. The van der Waals surface area contributed by atoms with Crippen LogP contribution in [-0.2, 0) is 0 Å². The van der Waals surface area contributed by atoms with Gasteiger partial charge < -0.3 is 11.1 Å². The fourth-order valence-corrected chi connectivity index (χ4v) is 1.22. The minimum Gasteiger partial charge on any atom is -0.351 e. The maximum absolute atomic E-state index is 5.39. The lowest BCUT2D eigenvalue weighted by Crippen LogP contribution is -2.16. The van der Waals surface area contributed by atoms with Gasteiger partial charge in [-0.15, -0.1) is 0 Å². The van der Waals surface area contributed by atoms with E-state index in [9.17, 15) is 0 Å². The Morgan fingerprint density at radius 3 is 2.80 bits per heavy atom. The molecule has 6 nitrogen and oxygen atoms in total. The zero-order valence-electron chi connectivity index (χ0n) is 8.17. The molecule has 3 N–H and O–H groups in total. The summed E-state index contributed by atoms with van der Waals surface area (Å²) in [7, 11) is 0. The summed E-state index contributed by atoms with van der Waals surface area (Å²) in [6.07, 6.45) is 0. The van der Waals surface area contributed by atoms with Crippen LogP contribution in [0.5, 0.6) is 0 Å². The van der Waals surface area contributed by atoms with Crippen molar-refractivity contribution in [3.8, 4) is 5.69 Å². The van der Waals surface area contributed by atoms with E-state index in [1.165, 1.54) is 0 Å². The Bertz CT molecular complexity index is 410. The van der Waals surface area contributed by atoms with Crippen LogP contribution in [0, 0.1) is 0 Å². The van der Waals surface area contributed by atoms with Crippen LogP contribution in [0.2, 0.25) is 0 Å². The van der Waals surface area contributed by atoms with Crippen LogP contribution < -0.4 is 11.1 Å². The van der Waals surface area contributed by atoms with Gasteiger partial charge in [-0.1, -0.05) is 23.3 Å². The molecule has 1 heterocycles. The molecule has 2 rings (SSSR count). The van der Waals surface area contributed by atoms with Crippen molar-refractivity contribution in [3.63, 3.8) is 0 Å². The average Bonchev–Trinajstić information content (AvgIpc) is 2.75. The molecule has 0 aliphatic heterocycles. The fraction of sp³-hybridized carbons (Fsp3) is 0.222. The minimum atomic E-state index is 0.543. The van der Waals surface area contributed by atoms with Crippen molar-refractivity contribution in [1.82, 2.24) is 20.2 Å². The summed E-state index contributed by atoms with van der Waals surface area (Å²) in [5, 5.41) is 14.4. The first-order valence-corrected chi connectivity index (χ1v) is 4.69. The van der Waals surface area contributed by atoms with Gasteiger partial charge in [-0.3, -0.25) is 0 Å². The van der Waals surface area contributed by atoms with Crippen molar-refractivity contribution in [3.05, 3.63) is 30.3 Å². The monoisotopic (exact) mass is 204 g/mol. The van der Waals surface area contributed by atoms with Gasteiger partial charge in [0.1, 0.15) is 0 Å². The second kappa shape index (κ2) is 4.52. The first kappa shape index (κ1) is 9.60. The molecule has 0 amide bonds. The predicted molar refractivity (Wildman–Crippen MR) is 56.7 cm³/mol. The van der Waals surface area contributed by atoms with Crippen LogP contribution in [0.1, 0.15) is 0 Å². The van der Waals surface area contributed by atoms with E-state index in [0.29, 0.717) is 19.0 Å². The van der Waals surface area contributed by atoms with Gasteiger partial charge in [-0.2, -0.15) is 4.68 Å². The molecule has 0 bridgehead atoms. The van der Waals surface area contributed by atoms with Crippen molar-refractivity contribution >= 4 is 5.95 Å². The molecule has 6 heteroatoms. The van der Waals surface area contributed by atoms with Crippen LogP contribution >= 0.6 is 0 Å². The van der Waals surface area contributed by atoms with Gasteiger partial charge in [0.2, 0.25) is 5.95 Å². The van der Waals surface area contributed by atoms with Crippen LogP contribution in [0.4, 0.5) is 5.95 Å². The second-order valence-corrected chi connectivity index (χ2v) is 2.97. The Labute approximate surface area is 87.1 Å². The highest BCUT2D eigenvalue weighted by atomic mass is 15.6. The molecule has 0 radical (unpaired) electrons. The van der Waals surface area contributed by atoms with Gasteiger partial charge in [0, 0.05) is 13.1 Å². The first-order valence-electron chi connectivity index (χ1n) is 4.69. The van der Waals surface area contributed by atoms with Gasteiger partial charge in [-0.05, 0) is 22.6 Å². The molecule has 2 aromatic rings. The number of aromatic nitrogens is 4. The lowest BCUT2D eigenvalue weighted by molar-refractivity contribution is 0.789. The molecule has 0 fully saturated rings. The van der Waals surface area contributed by atoms with E-state index in [2.05, 4.69) is 20.8 Å². The van der Waals surface area contributed by atoms with E-state index in [1.54, 1.807) is 4.68 Å². The zero-order chi connectivity index (χ0) is 10.5. The average molecular weight is 204 g/mol. The summed E-state index contributed by atoms with van der Waals surface area (Å²) in [4.78, 5) is 0. The van der Waals surface area contributed by atoms with Crippen LogP contribution in [0.25, 0.3) is 5.69 Å². The van der Waals surface area contributed by atoms with Crippen molar-refractivity contribution < 1.29 is 0 Å². The van der Waals surface area contributed by atoms with E-state index in [0.717, 1.165) is 5.69 Å². The maximum Gasteiger partial charge on any atom is 0.247 e. The molecule has 1 aromatic carbocycles. The molecule has 15 heavy (non-hydrogen) atoms. The van der Waals surface area contributed by atoms with Crippen molar-refractivity contribution in [2.24, 2.45) is 5.73 Å². The normalized spacial score (nSPS) is 10.2. The molecule has 0 saturated carbocycles. The number of tetrazole rings is 1. The van der Waals surface area contributed by atoms with Gasteiger partial charge in [0.15, 0.2) is 0 Å². The first-order chi connectivity index (χ1) is 7.42. The SMILES string of the molecule is NCCNc1nnnn1-c1ccccc1. The molecule has 78 valence electrons. The van der Waals surface area contributed by atoms with Crippen molar-refractivity contribution in [2.45, 2.75) is 0 Å². The fourth-order valence-electron chi connectivity index (χ4n) is 1.22. The smallest absolute Gasteiger partial charge is 0.247 e. The molecular formula is C9H12N6. The van der Waals surface area contributed by atoms with E-state index in [1.807, 2.05) is 30.3 Å². The number of nitrogens with two attached hydrogens (primary N) is 1. The molecule has 0 aliphatic carbocycles. The van der Waals surface area contributed by atoms with Crippen molar-refractivity contribution in [1.29, 1.82) is 0 Å². The Hall–Kier alpha value is -1.95. The van der Waals surface area contributed by atoms with Crippen molar-refractivity contribution in [2.75, 3.05) is 18.4 Å². The van der Waals surface area contributed by atoms with Crippen LogP contribution in [0.15, 0.2) is 30.3 Å². The van der Waals surface area contributed by atoms with Crippen LogP contribution in [-0.4, -0.2) is 33.3 Å². The number of benzene rings is 1. The summed E-state index contributed by atoms with van der Waals surface area (Å²) < 4.78 is 1.63. The Balaban J connectivity index is 2.25. The molecule has 0 saturated heterocycles. The van der Waals surface area contributed by atoms with E-state index in [4.69, 9.17) is 5.73 Å². The highest BCUT2D eigenvalue weighted by molar-refractivity contribution is 5.38. The van der Waals surface area contributed by atoms with Crippen LogP contribution in [0.3, 0.4) is 0 Å². The summed E-state index contributed by atoms with van der Waals surface area (Å²) in [6, 6.07) is 9.68. The topological polar surface area (TPSA) is 81.7 Å². The summed E-state index contributed by atoms with van der Waals surface area (Å²) in [5.41, 5.74) is 6.31. The number of para-hydroxylation sites is 1. The third-order valence-corrected chi connectivity index (χ3v) is 1.90. The Kier molecular flexibility index (Phi) is 2.89. The number of rotatable bonds is 4. The summed E-state index contributed by atoms with van der Waals surface area (Å²) >= 11 is 0. The maximum atomic E-state index is 5.39. The summed E-state index contributed by atoms with van der Waals surface area (Å²) in [6.45, 7) is 1.19. The quantitative estimate of drug-likeness (QED) is 0.734. The lowest BCUT2D eigenvalue weighted by Gasteiger charge is -2.04. The van der Waals surface area contributed by atoms with E-state index >= 15 is 0 Å². The highest BCUT2D eigenvalue weighted by Crippen LogP contribution is 2.09. The molecule has 0 spiro atoms. The molecule has 0 unspecified atom stereocenters. The van der Waals surface area contributed by atoms with Gasteiger partial charge in [-0.25, -0.2) is 0 Å². The van der Waals surface area contributed by atoms with Gasteiger partial charge in [0.05, 0.1) is 5.69 Å². The standard InChI is InChI=1S/C9H12N6/c10-6-7-11-9-12-13-14-15(9)8-4-2-1-3-5-8/h1-5H,6-7,10H2,(H,11,12,14). The molecule has 1 aromatic heterocycles. The Morgan fingerprint density at radius 2 is 2.07 bits per heavy atom. The molecule has 0 aliphatic rings. The molecule has 0 atom stereocenters. The number of nitrogens with one attached hydrogen (secondary N) is 1. The highest BCUT2D eigenvalue weighted by Gasteiger charge is 2.05. The third-order valence-electron chi connectivity index (χ3n) is 1.90. The van der Waals surface area contributed by atoms with E-state index < -0.39 is 0 Å². The largest absolute Gasteiger partial charge is 0.351 e. The summed E-state index contributed by atoms with van der Waals surface area (Å²) in [5.74, 6) is 0.603. The van der Waals surface area contributed by atoms with E-state index in [-0.39, 0.29) is 0 Å². The van der Waals surface area contributed by atoms with Gasteiger partial charge >= 0.3 is 0 Å². The zero-order valence-corrected chi connectivity index (χ0v) is 8.17. The van der Waals surface area contributed by atoms with Gasteiger partial charge in [0.25, 0.3) is 0 Å². The second-order valence-electron chi connectivity index (χ2n) is 2.97.